The zero-order valence-electron chi connectivity index (χ0n) is 7.67. The minimum Gasteiger partial charge on any atom is -0.478 e. The molecule has 0 heterocycles. The van der Waals surface area contributed by atoms with Gasteiger partial charge in [-0.3, -0.25) is 0 Å². The molecule has 1 aromatic rings. The van der Waals surface area contributed by atoms with Crippen LogP contribution in [-0.4, -0.2) is 16.4 Å². The molecule has 0 aliphatic heterocycles. The largest absolute Gasteiger partial charge is 0.478 e. The Morgan fingerprint density at radius 3 is 2.86 bits per heavy atom. The lowest BCUT2D eigenvalue weighted by Gasteiger charge is -2.02. The molecule has 0 atom stereocenters. The molecule has 0 spiro atoms. The van der Waals surface area contributed by atoms with E-state index in [0.717, 1.165) is 5.56 Å². The molecule has 0 aromatic heterocycles. The fraction of sp³-hybridized carbons (Fsp3) is 0.182. The number of benzene rings is 1. The number of halogens is 1. The number of carboxylic acid groups (broad SMARTS) is 1. The topological polar surface area (TPSA) is 37.3 Å². The quantitative estimate of drug-likeness (QED) is 0.616. The maximum Gasteiger partial charge on any atom is 0.337 e. The van der Waals surface area contributed by atoms with Gasteiger partial charge in [0, 0.05) is 5.56 Å². The summed E-state index contributed by atoms with van der Waals surface area (Å²) in [5.41, 5.74) is 1.59. The SMILES string of the molecule is Cc1cccc(C#CCBr)c1C(=O)O. The van der Waals surface area contributed by atoms with Crippen molar-refractivity contribution in [1.29, 1.82) is 0 Å². The van der Waals surface area contributed by atoms with E-state index >= 15 is 0 Å². The fourth-order valence-electron chi connectivity index (χ4n) is 1.18. The molecule has 0 bridgehead atoms. The molecule has 1 rings (SSSR count). The lowest BCUT2D eigenvalue weighted by Crippen LogP contribution is -2.02. The maximum absolute atomic E-state index is 10.9. The minimum atomic E-state index is -0.929. The van der Waals surface area contributed by atoms with Gasteiger partial charge in [-0.15, -0.1) is 0 Å². The summed E-state index contributed by atoms with van der Waals surface area (Å²) in [6.45, 7) is 1.77. The highest BCUT2D eigenvalue weighted by atomic mass is 79.9. The predicted molar refractivity (Wildman–Crippen MR) is 58.8 cm³/mol. The van der Waals surface area contributed by atoms with Crippen molar-refractivity contribution in [2.24, 2.45) is 0 Å². The van der Waals surface area contributed by atoms with Crippen molar-refractivity contribution in [1.82, 2.24) is 0 Å². The zero-order valence-corrected chi connectivity index (χ0v) is 9.26. The van der Waals surface area contributed by atoms with Crippen LogP contribution in [-0.2, 0) is 0 Å². The van der Waals surface area contributed by atoms with Crippen molar-refractivity contribution in [3.8, 4) is 11.8 Å². The summed E-state index contributed by atoms with van der Waals surface area (Å²) in [5, 5.41) is 9.51. The Morgan fingerprint density at radius 2 is 2.29 bits per heavy atom. The van der Waals surface area contributed by atoms with Crippen molar-refractivity contribution in [3.05, 3.63) is 34.9 Å². The van der Waals surface area contributed by atoms with Gasteiger partial charge in [0.2, 0.25) is 0 Å². The molecule has 72 valence electrons. The first-order valence-electron chi connectivity index (χ1n) is 4.04. The van der Waals surface area contributed by atoms with Crippen molar-refractivity contribution in [3.63, 3.8) is 0 Å². The van der Waals surface area contributed by atoms with E-state index in [1.807, 2.05) is 0 Å². The molecule has 1 aromatic carbocycles. The normalized spacial score (nSPS) is 9.00. The van der Waals surface area contributed by atoms with Gasteiger partial charge in [0.15, 0.2) is 0 Å². The van der Waals surface area contributed by atoms with Gasteiger partial charge < -0.3 is 5.11 Å². The van der Waals surface area contributed by atoms with Crippen LogP contribution in [0.25, 0.3) is 0 Å². The molecule has 14 heavy (non-hydrogen) atoms. The number of carbonyl (C=O) groups is 1. The predicted octanol–water partition coefficient (Wildman–Crippen LogP) is 2.44. The Morgan fingerprint density at radius 1 is 1.57 bits per heavy atom. The molecule has 2 nitrogen and oxygen atoms in total. The van der Waals surface area contributed by atoms with E-state index in [1.54, 1.807) is 25.1 Å². The summed E-state index contributed by atoms with van der Waals surface area (Å²) in [4.78, 5) is 10.9. The highest BCUT2D eigenvalue weighted by molar-refractivity contribution is 9.09. The number of hydrogen-bond acceptors (Lipinski definition) is 1. The number of aromatic carboxylic acids is 1. The summed E-state index contributed by atoms with van der Waals surface area (Å²) in [6, 6.07) is 5.29. The van der Waals surface area contributed by atoms with Crippen molar-refractivity contribution in [2.45, 2.75) is 6.92 Å². The van der Waals surface area contributed by atoms with Crippen LogP contribution in [0.3, 0.4) is 0 Å². The average molecular weight is 253 g/mol. The lowest BCUT2D eigenvalue weighted by atomic mass is 10.0. The molecule has 0 aliphatic carbocycles. The molecular weight excluding hydrogens is 244 g/mol. The highest BCUT2D eigenvalue weighted by Crippen LogP contribution is 2.12. The van der Waals surface area contributed by atoms with Crippen molar-refractivity contribution < 1.29 is 9.90 Å². The van der Waals surface area contributed by atoms with Crippen LogP contribution >= 0.6 is 15.9 Å². The van der Waals surface area contributed by atoms with Gasteiger partial charge in [-0.2, -0.15) is 0 Å². The van der Waals surface area contributed by atoms with Gasteiger partial charge in [-0.25, -0.2) is 4.79 Å². The molecule has 0 saturated heterocycles. The Labute approximate surface area is 91.1 Å². The highest BCUT2D eigenvalue weighted by Gasteiger charge is 2.10. The lowest BCUT2D eigenvalue weighted by molar-refractivity contribution is 0.0696. The number of aryl methyl sites for hydroxylation is 1. The first kappa shape index (κ1) is 10.8. The van der Waals surface area contributed by atoms with Crippen LogP contribution in [0.5, 0.6) is 0 Å². The fourth-order valence-corrected chi connectivity index (χ4v) is 1.32. The Hall–Kier alpha value is -1.27. The number of carboxylic acids is 1. The van der Waals surface area contributed by atoms with Gasteiger partial charge in [0.1, 0.15) is 0 Å². The van der Waals surface area contributed by atoms with Gasteiger partial charge in [0.05, 0.1) is 10.9 Å². The summed E-state index contributed by atoms with van der Waals surface area (Å²) in [7, 11) is 0. The van der Waals surface area contributed by atoms with Crippen LogP contribution in [0, 0.1) is 18.8 Å². The van der Waals surface area contributed by atoms with E-state index in [0.29, 0.717) is 16.5 Å². The smallest absolute Gasteiger partial charge is 0.337 e. The number of rotatable bonds is 1. The first-order chi connectivity index (χ1) is 6.66. The molecule has 3 heteroatoms. The second kappa shape index (κ2) is 4.83. The monoisotopic (exact) mass is 252 g/mol. The maximum atomic E-state index is 10.9. The molecule has 0 saturated carbocycles. The second-order valence-corrected chi connectivity index (χ2v) is 3.30. The van der Waals surface area contributed by atoms with Crippen molar-refractivity contribution >= 4 is 21.9 Å². The zero-order chi connectivity index (χ0) is 10.6. The third kappa shape index (κ3) is 2.36. The summed E-state index contributed by atoms with van der Waals surface area (Å²) in [6.07, 6.45) is 0. The van der Waals surface area contributed by atoms with Crippen LogP contribution in [0.15, 0.2) is 18.2 Å². The van der Waals surface area contributed by atoms with Crippen LogP contribution in [0.1, 0.15) is 21.5 Å². The van der Waals surface area contributed by atoms with Gasteiger partial charge >= 0.3 is 5.97 Å². The number of hydrogen-bond donors (Lipinski definition) is 1. The number of alkyl halides is 1. The minimum absolute atomic E-state index is 0.293. The first-order valence-corrected chi connectivity index (χ1v) is 5.16. The molecule has 0 aliphatic rings. The average Bonchev–Trinajstić information content (AvgIpc) is 2.14. The van der Waals surface area contributed by atoms with E-state index in [-0.39, 0.29) is 0 Å². The van der Waals surface area contributed by atoms with E-state index < -0.39 is 5.97 Å². The molecule has 1 N–H and O–H groups in total. The summed E-state index contributed by atoms with van der Waals surface area (Å²) >= 11 is 3.17. The van der Waals surface area contributed by atoms with E-state index in [4.69, 9.17) is 5.11 Å². The molecule has 0 fully saturated rings. The van der Waals surface area contributed by atoms with Gasteiger partial charge in [-0.1, -0.05) is 39.9 Å². The van der Waals surface area contributed by atoms with Crippen molar-refractivity contribution in [2.75, 3.05) is 5.33 Å². The summed E-state index contributed by atoms with van der Waals surface area (Å²) < 4.78 is 0. The summed E-state index contributed by atoms with van der Waals surface area (Å²) in [5.74, 6) is 4.67. The van der Waals surface area contributed by atoms with Crippen LogP contribution in [0.4, 0.5) is 0 Å². The molecule has 0 amide bonds. The standard InChI is InChI=1S/C11H9BrO2/c1-8-4-2-5-9(6-3-7-12)10(8)11(13)14/h2,4-5H,7H2,1H3,(H,13,14). The Balaban J connectivity index is 3.28. The van der Waals surface area contributed by atoms with Gasteiger partial charge in [-0.05, 0) is 18.6 Å². The third-order valence-electron chi connectivity index (χ3n) is 1.78. The second-order valence-electron chi connectivity index (χ2n) is 2.74. The van der Waals surface area contributed by atoms with E-state index in [2.05, 4.69) is 27.8 Å². The third-order valence-corrected chi connectivity index (χ3v) is 2.06. The molecule has 0 unspecified atom stereocenters. The van der Waals surface area contributed by atoms with Crippen LogP contribution < -0.4 is 0 Å². The van der Waals surface area contributed by atoms with E-state index in [1.165, 1.54) is 0 Å². The Kier molecular flexibility index (Phi) is 3.73. The van der Waals surface area contributed by atoms with Gasteiger partial charge in [0.25, 0.3) is 0 Å². The Bertz CT molecular complexity index is 413. The molecule has 0 radical (unpaired) electrons. The molecular formula is C11H9BrO2. The van der Waals surface area contributed by atoms with E-state index in [9.17, 15) is 4.79 Å². The van der Waals surface area contributed by atoms with Crippen LogP contribution in [0.2, 0.25) is 0 Å².